The maximum atomic E-state index is 12.6. The molecule has 2 saturated heterocycles. The molecule has 2 nitrogen and oxygen atoms in total. The van der Waals surface area contributed by atoms with E-state index < -0.39 is 11.7 Å². The van der Waals surface area contributed by atoms with Gasteiger partial charge in [0.1, 0.15) is 0 Å². The SMILES string of the molecule is CCC1C2CNCC2CN1c1ccc(C(F)(F)F)cc1. The Kier molecular flexibility index (Phi) is 3.40. The first-order chi connectivity index (χ1) is 9.50. The van der Waals surface area contributed by atoms with E-state index in [9.17, 15) is 13.2 Å². The molecule has 0 spiro atoms. The van der Waals surface area contributed by atoms with Gasteiger partial charge < -0.3 is 10.2 Å². The lowest BCUT2D eigenvalue weighted by Gasteiger charge is -2.29. The summed E-state index contributed by atoms with van der Waals surface area (Å²) in [6, 6.07) is 6.04. The summed E-state index contributed by atoms with van der Waals surface area (Å²) in [5.41, 5.74) is 0.342. The zero-order chi connectivity index (χ0) is 14.3. The Bertz CT molecular complexity index is 469. The summed E-state index contributed by atoms with van der Waals surface area (Å²) in [6.45, 7) is 5.16. The molecular weight excluding hydrogens is 265 g/mol. The lowest BCUT2D eigenvalue weighted by atomic mass is 9.93. The summed E-state index contributed by atoms with van der Waals surface area (Å²) in [5, 5.41) is 3.41. The Balaban J connectivity index is 1.82. The van der Waals surface area contributed by atoms with Crippen LogP contribution in [0.1, 0.15) is 18.9 Å². The molecular formula is C15H19F3N2. The zero-order valence-corrected chi connectivity index (χ0v) is 11.5. The highest BCUT2D eigenvalue weighted by Crippen LogP contribution is 2.38. The van der Waals surface area contributed by atoms with Gasteiger partial charge in [-0.05, 0) is 42.5 Å². The molecule has 20 heavy (non-hydrogen) atoms. The molecule has 3 unspecified atom stereocenters. The Morgan fingerprint density at radius 3 is 2.50 bits per heavy atom. The van der Waals surface area contributed by atoms with Gasteiger partial charge in [-0.3, -0.25) is 0 Å². The van der Waals surface area contributed by atoms with Crippen molar-refractivity contribution >= 4 is 5.69 Å². The number of nitrogens with one attached hydrogen (secondary N) is 1. The van der Waals surface area contributed by atoms with E-state index >= 15 is 0 Å². The first-order valence-corrected chi connectivity index (χ1v) is 7.15. The highest BCUT2D eigenvalue weighted by atomic mass is 19.4. The molecule has 2 heterocycles. The summed E-state index contributed by atoms with van der Waals surface area (Å²) < 4.78 is 37.8. The van der Waals surface area contributed by atoms with E-state index in [0.717, 1.165) is 31.7 Å². The molecule has 3 rings (SSSR count). The minimum absolute atomic E-state index is 0.437. The Labute approximate surface area is 117 Å². The fraction of sp³-hybridized carbons (Fsp3) is 0.600. The molecule has 0 radical (unpaired) electrons. The van der Waals surface area contributed by atoms with Crippen molar-refractivity contribution < 1.29 is 13.2 Å². The molecule has 0 aromatic heterocycles. The van der Waals surface area contributed by atoms with E-state index in [1.807, 2.05) is 0 Å². The van der Waals surface area contributed by atoms with Gasteiger partial charge >= 0.3 is 6.18 Å². The average molecular weight is 284 g/mol. The Hall–Kier alpha value is -1.23. The predicted molar refractivity (Wildman–Crippen MR) is 72.7 cm³/mol. The Morgan fingerprint density at radius 1 is 1.20 bits per heavy atom. The van der Waals surface area contributed by atoms with Crippen LogP contribution in [-0.2, 0) is 6.18 Å². The molecule has 0 bridgehead atoms. The molecule has 0 saturated carbocycles. The molecule has 0 amide bonds. The van der Waals surface area contributed by atoms with Crippen LogP contribution in [0.4, 0.5) is 18.9 Å². The van der Waals surface area contributed by atoms with Crippen molar-refractivity contribution in [2.75, 3.05) is 24.5 Å². The summed E-state index contributed by atoms with van der Waals surface area (Å²) in [5.74, 6) is 1.25. The van der Waals surface area contributed by atoms with Gasteiger partial charge in [-0.25, -0.2) is 0 Å². The third-order valence-corrected chi connectivity index (χ3v) is 4.66. The average Bonchev–Trinajstić information content (AvgIpc) is 2.97. The predicted octanol–water partition coefficient (Wildman–Crippen LogP) is 3.14. The van der Waals surface area contributed by atoms with Crippen LogP contribution in [0.15, 0.2) is 24.3 Å². The molecule has 110 valence electrons. The summed E-state index contributed by atoms with van der Waals surface area (Å²) in [6.07, 6.45) is -3.22. The number of halogens is 3. The van der Waals surface area contributed by atoms with Crippen LogP contribution in [0.5, 0.6) is 0 Å². The highest BCUT2D eigenvalue weighted by molar-refractivity contribution is 5.50. The Morgan fingerprint density at radius 2 is 1.90 bits per heavy atom. The number of hydrogen-bond donors (Lipinski definition) is 1. The van der Waals surface area contributed by atoms with Gasteiger partial charge in [0, 0.05) is 31.4 Å². The number of rotatable bonds is 2. The van der Waals surface area contributed by atoms with Gasteiger partial charge in [-0.15, -0.1) is 0 Å². The van der Waals surface area contributed by atoms with Crippen molar-refractivity contribution in [1.82, 2.24) is 5.32 Å². The maximum Gasteiger partial charge on any atom is 0.416 e. The van der Waals surface area contributed by atoms with Crippen LogP contribution in [0.25, 0.3) is 0 Å². The van der Waals surface area contributed by atoms with Gasteiger partial charge in [0.15, 0.2) is 0 Å². The van der Waals surface area contributed by atoms with E-state index in [0.29, 0.717) is 17.9 Å². The second-order valence-electron chi connectivity index (χ2n) is 5.75. The first-order valence-electron chi connectivity index (χ1n) is 7.15. The minimum atomic E-state index is -4.26. The lowest BCUT2D eigenvalue weighted by Crippen LogP contribution is -2.35. The molecule has 2 aliphatic heterocycles. The quantitative estimate of drug-likeness (QED) is 0.897. The molecule has 1 N–H and O–H groups in total. The summed E-state index contributed by atoms with van der Waals surface area (Å²) >= 11 is 0. The van der Waals surface area contributed by atoms with Crippen molar-refractivity contribution in [1.29, 1.82) is 0 Å². The summed E-state index contributed by atoms with van der Waals surface area (Å²) in [4.78, 5) is 2.29. The van der Waals surface area contributed by atoms with Crippen molar-refractivity contribution in [2.24, 2.45) is 11.8 Å². The fourth-order valence-electron chi connectivity index (χ4n) is 3.68. The molecule has 0 aliphatic carbocycles. The number of fused-ring (bicyclic) bond motifs is 1. The fourth-order valence-corrected chi connectivity index (χ4v) is 3.68. The maximum absolute atomic E-state index is 12.6. The van der Waals surface area contributed by atoms with E-state index in [1.54, 1.807) is 12.1 Å². The monoisotopic (exact) mass is 284 g/mol. The van der Waals surface area contributed by atoms with Crippen LogP contribution in [0.3, 0.4) is 0 Å². The standard InChI is InChI=1S/C15H19F3N2/c1-2-14-13-8-19-7-10(13)9-20(14)12-5-3-11(4-6-12)15(16,17)18/h3-6,10,13-14,19H,2,7-9H2,1H3. The van der Waals surface area contributed by atoms with E-state index in [4.69, 9.17) is 0 Å². The highest BCUT2D eigenvalue weighted by Gasteiger charge is 2.43. The first kappa shape index (κ1) is 13.7. The van der Waals surface area contributed by atoms with E-state index in [1.165, 1.54) is 12.1 Å². The molecule has 1 aromatic carbocycles. The van der Waals surface area contributed by atoms with Crippen molar-refractivity contribution in [3.05, 3.63) is 29.8 Å². The third kappa shape index (κ3) is 2.28. The van der Waals surface area contributed by atoms with Crippen LogP contribution in [0, 0.1) is 11.8 Å². The van der Waals surface area contributed by atoms with Crippen molar-refractivity contribution in [2.45, 2.75) is 25.6 Å². The minimum Gasteiger partial charge on any atom is -0.368 e. The van der Waals surface area contributed by atoms with Gasteiger partial charge in [0.05, 0.1) is 5.56 Å². The summed E-state index contributed by atoms with van der Waals surface area (Å²) in [7, 11) is 0. The van der Waals surface area contributed by atoms with Gasteiger partial charge in [-0.1, -0.05) is 6.92 Å². The largest absolute Gasteiger partial charge is 0.416 e. The van der Waals surface area contributed by atoms with Gasteiger partial charge in [-0.2, -0.15) is 13.2 Å². The zero-order valence-electron chi connectivity index (χ0n) is 11.5. The van der Waals surface area contributed by atoms with Crippen LogP contribution >= 0.6 is 0 Å². The molecule has 2 fully saturated rings. The van der Waals surface area contributed by atoms with E-state index in [-0.39, 0.29) is 0 Å². The molecule has 1 aromatic rings. The van der Waals surface area contributed by atoms with Crippen LogP contribution < -0.4 is 10.2 Å². The second kappa shape index (κ2) is 4.95. The van der Waals surface area contributed by atoms with Gasteiger partial charge in [0.25, 0.3) is 0 Å². The molecule has 2 aliphatic rings. The van der Waals surface area contributed by atoms with E-state index in [2.05, 4.69) is 17.1 Å². The number of hydrogen-bond acceptors (Lipinski definition) is 2. The van der Waals surface area contributed by atoms with Crippen molar-refractivity contribution in [3.63, 3.8) is 0 Å². The molecule has 5 heteroatoms. The third-order valence-electron chi connectivity index (χ3n) is 4.66. The lowest BCUT2D eigenvalue weighted by molar-refractivity contribution is -0.137. The number of anilines is 1. The van der Waals surface area contributed by atoms with Crippen molar-refractivity contribution in [3.8, 4) is 0 Å². The second-order valence-corrected chi connectivity index (χ2v) is 5.75. The smallest absolute Gasteiger partial charge is 0.368 e. The van der Waals surface area contributed by atoms with Gasteiger partial charge in [0.2, 0.25) is 0 Å². The number of alkyl halides is 3. The topological polar surface area (TPSA) is 15.3 Å². The van der Waals surface area contributed by atoms with Crippen LogP contribution in [-0.4, -0.2) is 25.7 Å². The number of nitrogens with zero attached hydrogens (tertiary/aromatic N) is 1. The molecule has 3 atom stereocenters. The normalized spacial score (nSPS) is 29.8. The number of benzene rings is 1. The van der Waals surface area contributed by atoms with Crippen LogP contribution in [0.2, 0.25) is 0 Å².